The second-order valence-corrected chi connectivity index (χ2v) is 8.17. The number of hydrogen-bond acceptors (Lipinski definition) is 5. The number of rotatable bonds is 5. The lowest BCUT2D eigenvalue weighted by atomic mass is 10.1. The predicted octanol–water partition coefficient (Wildman–Crippen LogP) is 4.94. The van der Waals surface area contributed by atoms with Crippen LogP contribution in [0, 0.1) is 0 Å². The van der Waals surface area contributed by atoms with Crippen LogP contribution in [0.25, 0.3) is 10.9 Å². The van der Waals surface area contributed by atoms with Crippen molar-refractivity contribution in [3.8, 4) is 5.75 Å². The fraction of sp³-hybridized carbons (Fsp3) is 0.318. The van der Waals surface area contributed by atoms with Gasteiger partial charge in [-0.15, -0.1) is 11.8 Å². The number of anilines is 1. The molecule has 4 rings (SSSR count). The van der Waals surface area contributed by atoms with Gasteiger partial charge in [0.1, 0.15) is 10.9 Å². The van der Waals surface area contributed by atoms with Gasteiger partial charge in [0.15, 0.2) is 0 Å². The number of thioether (sulfide) groups is 1. The fourth-order valence-electron chi connectivity index (χ4n) is 3.68. The van der Waals surface area contributed by atoms with Gasteiger partial charge < -0.3 is 9.64 Å². The van der Waals surface area contributed by atoms with E-state index >= 15 is 0 Å². The van der Waals surface area contributed by atoms with Gasteiger partial charge in [0.05, 0.1) is 18.3 Å². The average molecular weight is 414 g/mol. The summed E-state index contributed by atoms with van der Waals surface area (Å²) in [5, 5.41) is 1.75. The molecule has 0 N–H and O–H groups in total. The van der Waals surface area contributed by atoms with Crippen LogP contribution in [0.2, 0.25) is 5.15 Å². The largest absolute Gasteiger partial charge is 0.495 e. The number of piperazine rings is 1. The van der Waals surface area contributed by atoms with Crippen LogP contribution in [0.1, 0.15) is 5.56 Å². The van der Waals surface area contributed by atoms with Gasteiger partial charge in [-0.2, -0.15) is 0 Å². The molecule has 4 nitrogen and oxygen atoms in total. The molecule has 1 aliphatic rings. The highest BCUT2D eigenvalue weighted by Gasteiger charge is 2.20. The van der Waals surface area contributed by atoms with Crippen LogP contribution in [-0.2, 0) is 6.54 Å². The molecule has 146 valence electrons. The van der Waals surface area contributed by atoms with Gasteiger partial charge in [-0.3, -0.25) is 4.90 Å². The molecule has 0 bridgehead atoms. The number of para-hydroxylation sites is 2. The molecule has 0 amide bonds. The van der Waals surface area contributed by atoms with Crippen molar-refractivity contribution in [3.63, 3.8) is 0 Å². The van der Waals surface area contributed by atoms with Gasteiger partial charge in [0.2, 0.25) is 0 Å². The Labute approximate surface area is 175 Å². The monoisotopic (exact) mass is 413 g/mol. The summed E-state index contributed by atoms with van der Waals surface area (Å²) in [5.74, 6) is 0.933. The standard InChI is InChI=1S/C22H24ClN3OS/c1-27-21-6-4-3-5-20(21)26-11-9-25(10-12-26)15-17-13-16-7-8-18(28-2)14-19(16)24-22(17)23/h3-8,13-14H,9-12,15H2,1-2H3. The summed E-state index contributed by atoms with van der Waals surface area (Å²) in [7, 11) is 1.73. The molecule has 2 heterocycles. The predicted molar refractivity (Wildman–Crippen MR) is 119 cm³/mol. The van der Waals surface area contributed by atoms with Crippen LogP contribution >= 0.6 is 23.4 Å². The minimum Gasteiger partial charge on any atom is -0.495 e. The molecule has 0 radical (unpaired) electrons. The molecular formula is C22H24ClN3OS. The third-order valence-electron chi connectivity index (χ3n) is 5.24. The van der Waals surface area contributed by atoms with Crippen LogP contribution < -0.4 is 9.64 Å². The smallest absolute Gasteiger partial charge is 0.142 e. The number of methoxy groups -OCH3 is 1. The van der Waals surface area contributed by atoms with Crippen molar-refractivity contribution in [3.05, 3.63) is 59.2 Å². The maximum absolute atomic E-state index is 6.51. The summed E-state index contributed by atoms with van der Waals surface area (Å²) < 4.78 is 5.51. The average Bonchev–Trinajstić information content (AvgIpc) is 2.74. The minimum absolute atomic E-state index is 0.609. The van der Waals surface area contributed by atoms with Crippen molar-refractivity contribution < 1.29 is 4.74 Å². The summed E-state index contributed by atoms with van der Waals surface area (Å²) in [5.41, 5.74) is 3.22. The second-order valence-electron chi connectivity index (χ2n) is 6.93. The van der Waals surface area contributed by atoms with Crippen molar-refractivity contribution in [2.45, 2.75) is 11.4 Å². The molecule has 1 aromatic heterocycles. The fourth-order valence-corrected chi connectivity index (χ4v) is 4.32. The Hall–Kier alpha value is -1.95. The number of halogens is 1. The first-order valence-electron chi connectivity index (χ1n) is 9.41. The van der Waals surface area contributed by atoms with Gasteiger partial charge >= 0.3 is 0 Å². The van der Waals surface area contributed by atoms with E-state index in [-0.39, 0.29) is 0 Å². The van der Waals surface area contributed by atoms with Crippen molar-refractivity contribution in [2.24, 2.45) is 0 Å². The maximum Gasteiger partial charge on any atom is 0.142 e. The first kappa shape index (κ1) is 19.4. The number of hydrogen-bond donors (Lipinski definition) is 0. The van der Waals surface area contributed by atoms with Crippen LogP contribution in [-0.4, -0.2) is 49.4 Å². The lowest BCUT2D eigenvalue weighted by molar-refractivity contribution is 0.249. The SMILES string of the molecule is COc1ccccc1N1CCN(Cc2cc3ccc(SC)cc3nc2Cl)CC1. The highest BCUT2D eigenvalue weighted by atomic mass is 35.5. The Morgan fingerprint density at radius 3 is 2.61 bits per heavy atom. The van der Waals surface area contributed by atoms with Crippen LogP contribution in [0.15, 0.2) is 53.4 Å². The van der Waals surface area contributed by atoms with E-state index in [1.165, 1.54) is 10.6 Å². The zero-order chi connectivity index (χ0) is 19.5. The van der Waals surface area contributed by atoms with E-state index in [1.54, 1.807) is 18.9 Å². The number of aromatic nitrogens is 1. The Morgan fingerprint density at radius 1 is 1.07 bits per heavy atom. The van der Waals surface area contributed by atoms with E-state index in [9.17, 15) is 0 Å². The quantitative estimate of drug-likeness (QED) is 0.436. The third kappa shape index (κ3) is 4.07. The first-order chi connectivity index (χ1) is 13.7. The molecular weight excluding hydrogens is 390 g/mol. The highest BCUT2D eigenvalue weighted by Crippen LogP contribution is 2.29. The molecule has 6 heteroatoms. The van der Waals surface area contributed by atoms with Crippen LogP contribution in [0.4, 0.5) is 5.69 Å². The van der Waals surface area contributed by atoms with Crippen LogP contribution in [0.5, 0.6) is 5.75 Å². The van der Waals surface area contributed by atoms with Gasteiger partial charge in [-0.25, -0.2) is 4.98 Å². The zero-order valence-electron chi connectivity index (χ0n) is 16.2. The molecule has 1 fully saturated rings. The molecule has 3 aromatic rings. The Morgan fingerprint density at radius 2 is 1.86 bits per heavy atom. The lowest BCUT2D eigenvalue weighted by Crippen LogP contribution is -2.46. The number of pyridine rings is 1. The van der Waals surface area contributed by atoms with E-state index in [0.29, 0.717) is 5.15 Å². The topological polar surface area (TPSA) is 28.6 Å². The number of ether oxygens (including phenoxy) is 1. The van der Waals surface area contributed by atoms with Crippen molar-refractivity contribution in [1.82, 2.24) is 9.88 Å². The molecule has 0 saturated carbocycles. The Balaban J connectivity index is 1.45. The first-order valence-corrected chi connectivity index (χ1v) is 11.0. The molecule has 1 aliphatic heterocycles. The van der Waals surface area contributed by atoms with Crippen molar-refractivity contribution in [2.75, 3.05) is 44.4 Å². The minimum atomic E-state index is 0.609. The summed E-state index contributed by atoms with van der Waals surface area (Å²) in [6, 6.07) is 16.8. The van der Waals surface area contributed by atoms with E-state index in [4.69, 9.17) is 16.3 Å². The molecule has 0 unspecified atom stereocenters. The molecule has 2 aromatic carbocycles. The third-order valence-corrected chi connectivity index (χ3v) is 6.30. The number of fused-ring (bicyclic) bond motifs is 1. The summed E-state index contributed by atoms with van der Waals surface area (Å²) in [6.45, 7) is 4.73. The Bertz CT molecular complexity index is 973. The van der Waals surface area contributed by atoms with Crippen molar-refractivity contribution in [1.29, 1.82) is 0 Å². The van der Waals surface area contributed by atoms with Crippen molar-refractivity contribution >= 4 is 40.0 Å². The Kier molecular flexibility index (Phi) is 5.95. The number of benzene rings is 2. The number of nitrogens with zero attached hydrogens (tertiary/aromatic N) is 3. The van der Waals surface area contributed by atoms with Crippen LogP contribution in [0.3, 0.4) is 0 Å². The second kappa shape index (κ2) is 8.60. The molecule has 28 heavy (non-hydrogen) atoms. The maximum atomic E-state index is 6.51. The van der Waals surface area contributed by atoms with E-state index < -0.39 is 0 Å². The molecule has 1 saturated heterocycles. The summed E-state index contributed by atoms with van der Waals surface area (Å²) in [6.07, 6.45) is 2.07. The molecule has 0 aliphatic carbocycles. The summed E-state index contributed by atoms with van der Waals surface area (Å²) in [4.78, 5) is 10.7. The van der Waals surface area contributed by atoms with E-state index in [1.807, 2.05) is 12.1 Å². The van der Waals surface area contributed by atoms with Gasteiger partial charge in [0, 0.05) is 48.6 Å². The van der Waals surface area contributed by atoms with Gasteiger partial charge in [-0.1, -0.05) is 29.8 Å². The van der Waals surface area contributed by atoms with Gasteiger partial charge in [0.25, 0.3) is 0 Å². The summed E-state index contributed by atoms with van der Waals surface area (Å²) >= 11 is 8.23. The zero-order valence-corrected chi connectivity index (χ0v) is 17.8. The normalized spacial score (nSPS) is 15.2. The molecule has 0 spiro atoms. The molecule has 0 atom stereocenters. The van der Waals surface area contributed by atoms with E-state index in [2.05, 4.69) is 57.4 Å². The van der Waals surface area contributed by atoms with E-state index in [0.717, 1.165) is 54.9 Å². The lowest BCUT2D eigenvalue weighted by Gasteiger charge is -2.36. The highest BCUT2D eigenvalue weighted by molar-refractivity contribution is 7.98. The van der Waals surface area contributed by atoms with Gasteiger partial charge in [-0.05, 0) is 36.6 Å².